The fourth-order valence-corrected chi connectivity index (χ4v) is 3.41. The summed E-state index contributed by atoms with van der Waals surface area (Å²) >= 11 is 0. The Hall–Kier alpha value is -1.85. The van der Waals surface area contributed by atoms with Gasteiger partial charge in [-0.1, -0.05) is 0 Å². The maximum Gasteiger partial charge on any atom is 0.253 e. The van der Waals surface area contributed by atoms with Crippen molar-refractivity contribution in [1.82, 2.24) is 15.2 Å². The normalized spacial score (nSPS) is 17.0. The number of amides is 1. The molecule has 3 rings (SSSR count). The highest BCUT2D eigenvalue weighted by molar-refractivity contribution is 5.95. The molecule has 1 amide bonds. The Morgan fingerprint density at radius 2 is 2.04 bits per heavy atom. The van der Waals surface area contributed by atoms with E-state index in [0.29, 0.717) is 18.0 Å². The highest BCUT2D eigenvalue weighted by atomic mass is 35.5. The summed E-state index contributed by atoms with van der Waals surface area (Å²) in [6.07, 6.45) is 2.32. The largest absolute Gasteiger partial charge is 0.352 e. The molecule has 0 spiro atoms. The number of aromatic nitrogens is 1. The molecule has 1 fully saturated rings. The van der Waals surface area contributed by atoms with E-state index in [1.54, 1.807) is 12.1 Å². The summed E-state index contributed by atoms with van der Waals surface area (Å²) in [5.74, 6) is 0.200. The van der Waals surface area contributed by atoms with Gasteiger partial charge >= 0.3 is 0 Å². The minimum Gasteiger partial charge on any atom is -0.352 e. The van der Waals surface area contributed by atoms with Crippen molar-refractivity contribution in [2.75, 3.05) is 19.6 Å². The maximum atomic E-state index is 13.1. The second-order valence-electron chi connectivity index (χ2n) is 6.52. The number of hydrogen-bond acceptors (Lipinski definition) is 2. The van der Waals surface area contributed by atoms with Crippen molar-refractivity contribution in [2.24, 2.45) is 5.92 Å². The van der Waals surface area contributed by atoms with Crippen LogP contribution in [0.2, 0.25) is 0 Å². The average molecular weight is 366 g/mol. The van der Waals surface area contributed by atoms with Gasteiger partial charge in [0.05, 0.1) is 5.56 Å². The number of carbonyl (C=O) groups is 1. The third-order valence-corrected chi connectivity index (χ3v) is 4.71. The van der Waals surface area contributed by atoms with Crippen molar-refractivity contribution in [3.8, 4) is 5.69 Å². The lowest BCUT2D eigenvalue weighted by Crippen LogP contribution is -2.38. The molecule has 1 unspecified atom stereocenters. The number of nitrogens with zero attached hydrogens (tertiary/aromatic N) is 1. The van der Waals surface area contributed by atoms with Crippen molar-refractivity contribution in [2.45, 2.75) is 26.7 Å². The summed E-state index contributed by atoms with van der Waals surface area (Å²) in [6.45, 7) is 6.62. The molecule has 1 aliphatic heterocycles. The molecule has 1 aliphatic rings. The Morgan fingerprint density at radius 3 is 2.68 bits per heavy atom. The zero-order valence-corrected chi connectivity index (χ0v) is 15.5. The average Bonchev–Trinajstić information content (AvgIpc) is 2.89. The van der Waals surface area contributed by atoms with Gasteiger partial charge in [0.25, 0.3) is 5.91 Å². The van der Waals surface area contributed by atoms with Crippen LogP contribution in [-0.4, -0.2) is 30.1 Å². The first-order valence-electron chi connectivity index (χ1n) is 8.50. The molecule has 0 radical (unpaired) electrons. The van der Waals surface area contributed by atoms with Crippen LogP contribution in [0.25, 0.3) is 5.69 Å². The summed E-state index contributed by atoms with van der Waals surface area (Å²) in [6, 6.07) is 8.22. The molecule has 0 bridgehead atoms. The van der Waals surface area contributed by atoms with E-state index >= 15 is 0 Å². The van der Waals surface area contributed by atoms with E-state index in [2.05, 4.69) is 10.6 Å². The Labute approximate surface area is 154 Å². The number of piperidine rings is 1. The lowest BCUT2D eigenvalue weighted by Gasteiger charge is -2.22. The first kappa shape index (κ1) is 19.5. The first-order valence-corrected chi connectivity index (χ1v) is 8.50. The molecular formula is C19H25ClFN3O. The van der Waals surface area contributed by atoms with Crippen molar-refractivity contribution in [3.05, 3.63) is 53.1 Å². The predicted octanol–water partition coefficient (Wildman–Crippen LogP) is 3.38. The lowest BCUT2D eigenvalue weighted by molar-refractivity contribution is 0.0944. The minimum atomic E-state index is -0.264. The van der Waals surface area contributed by atoms with Crippen LogP contribution in [0.1, 0.15) is 34.6 Å². The molecule has 4 nitrogen and oxygen atoms in total. The van der Waals surface area contributed by atoms with E-state index < -0.39 is 0 Å². The van der Waals surface area contributed by atoms with Crippen LogP contribution >= 0.6 is 12.4 Å². The minimum absolute atomic E-state index is 0. The van der Waals surface area contributed by atoms with Crippen LogP contribution in [-0.2, 0) is 0 Å². The van der Waals surface area contributed by atoms with Gasteiger partial charge in [0.2, 0.25) is 0 Å². The molecule has 0 aliphatic carbocycles. The summed E-state index contributed by atoms with van der Waals surface area (Å²) in [5, 5.41) is 6.42. The van der Waals surface area contributed by atoms with E-state index in [9.17, 15) is 9.18 Å². The second kappa shape index (κ2) is 8.50. The van der Waals surface area contributed by atoms with Crippen LogP contribution in [0.3, 0.4) is 0 Å². The summed E-state index contributed by atoms with van der Waals surface area (Å²) in [7, 11) is 0. The van der Waals surface area contributed by atoms with E-state index in [-0.39, 0.29) is 24.1 Å². The molecule has 2 aromatic rings. The molecule has 25 heavy (non-hydrogen) atoms. The lowest BCUT2D eigenvalue weighted by atomic mass is 10.00. The number of carbonyl (C=O) groups excluding carboxylic acids is 1. The molecule has 136 valence electrons. The standard InChI is InChI=1S/C19H24FN3O.ClH/c1-13-10-18(19(24)22-12-15-4-3-9-21-11-15)14(2)23(13)17-7-5-16(20)6-8-17;/h5-8,10,15,21H,3-4,9,11-12H2,1-2H3,(H,22,24);1H. The van der Waals surface area contributed by atoms with Gasteiger partial charge in [-0.3, -0.25) is 4.79 Å². The Kier molecular flexibility index (Phi) is 6.62. The van der Waals surface area contributed by atoms with Gasteiger partial charge in [-0.05, 0) is 76.0 Å². The van der Waals surface area contributed by atoms with Gasteiger partial charge in [-0.15, -0.1) is 12.4 Å². The zero-order chi connectivity index (χ0) is 17.1. The Bertz CT molecular complexity index is 721. The molecule has 1 saturated heterocycles. The van der Waals surface area contributed by atoms with Crippen LogP contribution in [0.4, 0.5) is 4.39 Å². The van der Waals surface area contributed by atoms with Gasteiger partial charge in [0.1, 0.15) is 5.82 Å². The van der Waals surface area contributed by atoms with Gasteiger partial charge in [0, 0.05) is 23.6 Å². The molecule has 1 aromatic carbocycles. The number of halogens is 2. The fraction of sp³-hybridized carbons (Fsp3) is 0.421. The van der Waals surface area contributed by atoms with Crippen molar-refractivity contribution in [1.29, 1.82) is 0 Å². The highest BCUT2D eigenvalue weighted by Gasteiger charge is 2.19. The SMILES string of the molecule is Cc1cc(C(=O)NCC2CCCNC2)c(C)n1-c1ccc(F)cc1.Cl. The van der Waals surface area contributed by atoms with Crippen LogP contribution in [0, 0.1) is 25.6 Å². The first-order chi connectivity index (χ1) is 11.6. The van der Waals surface area contributed by atoms with E-state index in [0.717, 1.165) is 36.6 Å². The summed E-state index contributed by atoms with van der Waals surface area (Å²) in [4.78, 5) is 12.6. The number of aryl methyl sites for hydroxylation is 1. The molecule has 2 heterocycles. The van der Waals surface area contributed by atoms with Gasteiger partial charge < -0.3 is 15.2 Å². The highest BCUT2D eigenvalue weighted by Crippen LogP contribution is 2.21. The molecular weight excluding hydrogens is 341 g/mol. The molecule has 0 saturated carbocycles. The smallest absolute Gasteiger partial charge is 0.253 e. The Balaban J connectivity index is 0.00000225. The van der Waals surface area contributed by atoms with Gasteiger partial charge in [0.15, 0.2) is 0 Å². The topological polar surface area (TPSA) is 46.1 Å². The number of nitrogens with one attached hydrogen (secondary N) is 2. The summed E-state index contributed by atoms with van der Waals surface area (Å²) in [5.41, 5.74) is 3.38. The fourth-order valence-electron chi connectivity index (χ4n) is 3.41. The predicted molar refractivity (Wildman–Crippen MR) is 100 cm³/mol. The van der Waals surface area contributed by atoms with E-state index in [1.165, 1.54) is 18.6 Å². The van der Waals surface area contributed by atoms with Crippen molar-refractivity contribution in [3.63, 3.8) is 0 Å². The Morgan fingerprint density at radius 1 is 1.32 bits per heavy atom. The number of benzene rings is 1. The van der Waals surface area contributed by atoms with E-state index in [4.69, 9.17) is 0 Å². The number of rotatable bonds is 4. The molecule has 1 aromatic heterocycles. The van der Waals surface area contributed by atoms with E-state index in [1.807, 2.05) is 24.5 Å². The molecule has 6 heteroatoms. The van der Waals surface area contributed by atoms with Crippen LogP contribution in [0.5, 0.6) is 0 Å². The molecule has 1 atom stereocenters. The maximum absolute atomic E-state index is 13.1. The van der Waals surface area contributed by atoms with Crippen LogP contribution in [0.15, 0.2) is 30.3 Å². The monoisotopic (exact) mass is 365 g/mol. The van der Waals surface area contributed by atoms with Gasteiger partial charge in [-0.2, -0.15) is 0 Å². The number of hydrogen-bond donors (Lipinski definition) is 2. The quantitative estimate of drug-likeness (QED) is 0.872. The van der Waals surface area contributed by atoms with Crippen LogP contribution < -0.4 is 10.6 Å². The third-order valence-electron chi connectivity index (χ3n) is 4.71. The zero-order valence-electron chi connectivity index (χ0n) is 14.6. The van der Waals surface area contributed by atoms with Gasteiger partial charge in [-0.25, -0.2) is 4.39 Å². The molecule has 2 N–H and O–H groups in total. The second-order valence-corrected chi connectivity index (χ2v) is 6.52. The summed E-state index contributed by atoms with van der Waals surface area (Å²) < 4.78 is 15.1. The van der Waals surface area contributed by atoms with Crippen molar-refractivity contribution >= 4 is 18.3 Å². The van der Waals surface area contributed by atoms with Crippen molar-refractivity contribution < 1.29 is 9.18 Å². The third kappa shape index (κ3) is 4.41.